The fourth-order valence-electron chi connectivity index (χ4n) is 2.07. The minimum Gasteiger partial charge on any atom is -0.385 e. The van der Waals surface area contributed by atoms with Crippen LogP contribution < -0.4 is 0 Å². The molecule has 14 heavy (non-hydrogen) atoms. The van der Waals surface area contributed by atoms with E-state index in [0.29, 0.717) is 5.41 Å². The van der Waals surface area contributed by atoms with Crippen molar-refractivity contribution in [2.24, 2.45) is 5.41 Å². The number of ether oxygens (including phenoxy) is 1. The monoisotopic (exact) mass is 234 g/mol. The molecule has 1 nitrogen and oxygen atoms in total. The average molecular weight is 234 g/mol. The first kappa shape index (κ1) is 12.7. The molecule has 0 radical (unpaired) electrons. The summed E-state index contributed by atoms with van der Waals surface area (Å²) in [5.74, 6) is 3.62. The maximum absolute atomic E-state index is 5.04. The number of hydrogen-bond donors (Lipinski definition) is 1. The molecule has 0 unspecified atom stereocenters. The van der Waals surface area contributed by atoms with Crippen LogP contribution in [0, 0.1) is 5.41 Å². The summed E-state index contributed by atoms with van der Waals surface area (Å²) in [6.45, 7) is 0.904. The van der Waals surface area contributed by atoms with Crippen LogP contribution in [0.2, 0.25) is 0 Å². The van der Waals surface area contributed by atoms with Crippen LogP contribution in [0.4, 0.5) is 0 Å². The van der Waals surface area contributed by atoms with Crippen LogP contribution in [0.3, 0.4) is 0 Å². The summed E-state index contributed by atoms with van der Waals surface area (Å²) in [6, 6.07) is 0. The third kappa shape index (κ3) is 4.03. The van der Waals surface area contributed by atoms with E-state index >= 15 is 0 Å². The Bertz CT molecular complexity index is 144. The van der Waals surface area contributed by atoms with Crippen LogP contribution >= 0.6 is 24.4 Å². The first-order valence-corrected chi connectivity index (χ1v) is 7.29. The van der Waals surface area contributed by atoms with Crippen molar-refractivity contribution in [3.05, 3.63) is 0 Å². The lowest BCUT2D eigenvalue weighted by molar-refractivity contribution is 0.200. The second-order valence-electron chi connectivity index (χ2n) is 4.26. The lowest BCUT2D eigenvalue weighted by Crippen LogP contribution is -2.22. The Balaban J connectivity index is 2.08. The standard InChI is InChI=1S/C11H22OS2/c1-12-7-4-8-14-10-11(9-13)5-2-3-6-11/h13H,2-10H2,1H3. The lowest BCUT2D eigenvalue weighted by Gasteiger charge is -2.26. The zero-order chi connectivity index (χ0) is 10.3. The highest BCUT2D eigenvalue weighted by atomic mass is 32.2. The van der Waals surface area contributed by atoms with Gasteiger partial charge in [0.2, 0.25) is 0 Å². The topological polar surface area (TPSA) is 9.23 Å². The van der Waals surface area contributed by atoms with Crippen LogP contribution in [0.5, 0.6) is 0 Å². The van der Waals surface area contributed by atoms with E-state index in [1.807, 2.05) is 0 Å². The highest BCUT2D eigenvalue weighted by Gasteiger charge is 2.31. The largest absolute Gasteiger partial charge is 0.385 e. The molecule has 1 saturated carbocycles. The molecule has 0 atom stereocenters. The van der Waals surface area contributed by atoms with Gasteiger partial charge < -0.3 is 4.74 Å². The van der Waals surface area contributed by atoms with Gasteiger partial charge in [0, 0.05) is 13.7 Å². The molecule has 1 aliphatic carbocycles. The normalized spacial score (nSPS) is 20.1. The Morgan fingerprint density at radius 3 is 2.64 bits per heavy atom. The molecule has 0 aromatic heterocycles. The molecule has 3 heteroatoms. The summed E-state index contributed by atoms with van der Waals surface area (Å²) in [7, 11) is 1.77. The SMILES string of the molecule is COCCCSCC1(CS)CCCC1. The molecule has 0 aromatic rings. The van der Waals surface area contributed by atoms with Gasteiger partial charge in [-0.05, 0) is 41.9 Å². The molecule has 0 aliphatic heterocycles. The van der Waals surface area contributed by atoms with Gasteiger partial charge in [0.15, 0.2) is 0 Å². The van der Waals surface area contributed by atoms with E-state index in [1.54, 1.807) is 7.11 Å². The summed E-state index contributed by atoms with van der Waals surface area (Å²) in [5, 5.41) is 0. The van der Waals surface area contributed by atoms with E-state index in [0.717, 1.165) is 12.4 Å². The van der Waals surface area contributed by atoms with Crippen LogP contribution in [-0.4, -0.2) is 31.0 Å². The maximum Gasteiger partial charge on any atom is 0.0470 e. The second-order valence-corrected chi connectivity index (χ2v) is 5.69. The highest BCUT2D eigenvalue weighted by molar-refractivity contribution is 7.99. The van der Waals surface area contributed by atoms with Crippen LogP contribution in [0.25, 0.3) is 0 Å². The van der Waals surface area contributed by atoms with Crippen molar-refractivity contribution in [1.82, 2.24) is 0 Å². The van der Waals surface area contributed by atoms with Crippen molar-refractivity contribution in [2.75, 3.05) is 31.0 Å². The molecular formula is C11H22OS2. The van der Waals surface area contributed by atoms with E-state index in [-0.39, 0.29) is 0 Å². The van der Waals surface area contributed by atoms with E-state index in [1.165, 1.54) is 43.6 Å². The molecule has 1 fully saturated rings. The lowest BCUT2D eigenvalue weighted by atomic mass is 9.91. The Morgan fingerprint density at radius 2 is 2.07 bits per heavy atom. The Kier molecular flexibility index (Phi) is 6.38. The summed E-state index contributed by atoms with van der Waals surface area (Å²) < 4.78 is 5.04. The zero-order valence-corrected chi connectivity index (χ0v) is 10.8. The molecule has 1 rings (SSSR count). The third-order valence-corrected chi connectivity index (χ3v) is 5.11. The van der Waals surface area contributed by atoms with Gasteiger partial charge in [-0.15, -0.1) is 0 Å². The summed E-state index contributed by atoms with van der Waals surface area (Å²) in [5.41, 5.74) is 0.570. The zero-order valence-electron chi connectivity index (χ0n) is 9.13. The van der Waals surface area contributed by atoms with E-state index in [4.69, 9.17) is 4.74 Å². The van der Waals surface area contributed by atoms with Crippen LogP contribution in [-0.2, 0) is 4.74 Å². The van der Waals surface area contributed by atoms with Crippen molar-refractivity contribution in [3.8, 4) is 0 Å². The average Bonchev–Trinajstić information content (AvgIpc) is 2.67. The molecule has 0 bridgehead atoms. The molecule has 0 N–H and O–H groups in total. The maximum atomic E-state index is 5.04. The van der Waals surface area contributed by atoms with E-state index in [2.05, 4.69) is 24.4 Å². The summed E-state index contributed by atoms with van der Waals surface area (Å²) in [4.78, 5) is 0. The van der Waals surface area contributed by atoms with Gasteiger partial charge in [-0.25, -0.2) is 0 Å². The molecule has 0 saturated heterocycles. The van der Waals surface area contributed by atoms with Gasteiger partial charge in [-0.1, -0.05) is 12.8 Å². The minimum atomic E-state index is 0.570. The number of thioether (sulfide) groups is 1. The van der Waals surface area contributed by atoms with Gasteiger partial charge in [0.25, 0.3) is 0 Å². The van der Waals surface area contributed by atoms with Gasteiger partial charge in [-0.2, -0.15) is 24.4 Å². The molecule has 1 aliphatic rings. The van der Waals surface area contributed by atoms with Crippen molar-refractivity contribution >= 4 is 24.4 Å². The Morgan fingerprint density at radius 1 is 1.36 bits per heavy atom. The fourth-order valence-corrected chi connectivity index (χ4v) is 3.94. The third-order valence-electron chi connectivity index (χ3n) is 3.05. The van der Waals surface area contributed by atoms with E-state index < -0.39 is 0 Å². The number of thiol groups is 1. The van der Waals surface area contributed by atoms with Crippen LogP contribution in [0.15, 0.2) is 0 Å². The van der Waals surface area contributed by atoms with Gasteiger partial charge >= 0.3 is 0 Å². The van der Waals surface area contributed by atoms with Crippen molar-refractivity contribution in [3.63, 3.8) is 0 Å². The van der Waals surface area contributed by atoms with E-state index in [9.17, 15) is 0 Å². The van der Waals surface area contributed by atoms with Crippen LogP contribution in [0.1, 0.15) is 32.1 Å². The first-order valence-electron chi connectivity index (χ1n) is 5.50. The molecule has 0 amide bonds. The van der Waals surface area contributed by atoms with Gasteiger partial charge in [0.05, 0.1) is 0 Å². The number of methoxy groups -OCH3 is 1. The van der Waals surface area contributed by atoms with Crippen molar-refractivity contribution < 1.29 is 4.74 Å². The highest BCUT2D eigenvalue weighted by Crippen LogP contribution is 2.41. The fraction of sp³-hybridized carbons (Fsp3) is 1.00. The number of hydrogen-bond acceptors (Lipinski definition) is 3. The molecule has 84 valence electrons. The predicted molar refractivity (Wildman–Crippen MR) is 68.6 cm³/mol. The Labute approximate surface area is 97.8 Å². The van der Waals surface area contributed by atoms with Crippen molar-refractivity contribution in [1.29, 1.82) is 0 Å². The minimum absolute atomic E-state index is 0.570. The summed E-state index contributed by atoms with van der Waals surface area (Å²) in [6.07, 6.45) is 6.81. The smallest absolute Gasteiger partial charge is 0.0470 e. The molecular weight excluding hydrogens is 212 g/mol. The number of rotatable bonds is 7. The Hall–Kier alpha value is 0.660. The van der Waals surface area contributed by atoms with Crippen molar-refractivity contribution in [2.45, 2.75) is 32.1 Å². The predicted octanol–water partition coefficient (Wildman–Crippen LogP) is 3.25. The second kappa shape index (κ2) is 7.02. The first-order chi connectivity index (χ1) is 6.83. The molecule has 0 heterocycles. The van der Waals surface area contributed by atoms with Gasteiger partial charge in [0.1, 0.15) is 0 Å². The summed E-state index contributed by atoms with van der Waals surface area (Å²) >= 11 is 6.59. The van der Waals surface area contributed by atoms with Gasteiger partial charge in [-0.3, -0.25) is 0 Å². The quantitative estimate of drug-likeness (QED) is 0.535. The molecule has 0 aromatic carbocycles. The molecule has 0 spiro atoms.